The zero-order valence-electron chi connectivity index (χ0n) is 19.2. The molecule has 1 aromatic carbocycles. The van der Waals surface area contributed by atoms with Crippen molar-refractivity contribution in [2.24, 2.45) is 7.05 Å². The molecule has 0 bridgehead atoms. The number of carbonyl (C=O) groups excluding carboxylic acids is 1. The number of pyridine rings is 1. The average Bonchev–Trinajstić information content (AvgIpc) is 3.52. The van der Waals surface area contributed by atoms with Crippen LogP contribution in [0, 0.1) is 6.92 Å². The number of nitrogens with one attached hydrogen (secondary N) is 1. The Morgan fingerprint density at radius 2 is 1.97 bits per heavy atom. The minimum atomic E-state index is -1.11. The lowest BCUT2D eigenvalue weighted by Gasteiger charge is -2.33. The molecule has 0 spiro atoms. The lowest BCUT2D eigenvalue weighted by atomic mass is 9.97. The topological polar surface area (TPSA) is 75.3 Å². The molecule has 1 aliphatic rings. The Morgan fingerprint density at radius 3 is 2.64 bits per heavy atom. The largest absolute Gasteiger partial charge is 0.391 e. The number of aryl methyl sites for hydroxylation is 2. The predicted molar refractivity (Wildman–Crippen MR) is 131 cm³/mol. The molecule has 0 amide bonds. The molecule has 5 rings (SSSR count). The first-order valence-electron chi connectivity index (χ1n) is 11.3. The van der Waals surface area contributed by atoms with Crippen molar-refractivity contribution in [2.45, 2.75) is 32.0 Å². The number of β-amino-alcohol motifs (C(OH)–C–C–N with tert-alkyl or cyclic N) is 1. The highest BCUT2D eigenvalue weighted by molar-refractivity contribution is 6.16. The van der Waals surface area contributed by atoms with E-state index in [1.807, 2.05) is 86.4 Å². The maximum atomic E-state index is 14.6. The van der Waals surface area contributed by atoms with Crippen molar-refractivity contribution in [1.82, 2.24) is 14.1 Å². The molecular formula is C26H29N5O2. The van der Waals surface area contributed by atoms with Gasteiger partial charge in [-0.1, -0.05) is 24.3 Å². The number of anilines is 2. The number of nitrogens with zero attached hydrogens (tertiary/aromatic N) is 4. The molecule has 0 radical (unpaired) electrons. The summed E-state index contributed by atoms with van der Waals surface area (Å²) in [4.78, 5) is 21.1. The van der Waals surface area contributed by atoms with Crippen LogP contribution in [0.4, 0.5) is 11.6 Å². The number of hydrogen-bond acceptors (Lipinski definition) is 5. The van der Waals surface area contributed by atoms with E-state index in [0.29, 0.717) is 30.9 Å². The minimum absolute atomic E-state index is 0.0584. The molecule has 2 N–H and O–H groups in total. The smallest absolute Gasteiger partial charge is 0.213 e. The van der Waals surface area contributed by atoms with Crippen molar-refractivity contribution in [2.75, 3.05) is 23.3 Å². The summed E-state index contributed by atoms with van der Waals surface area (Å²) >= 11 is 0. The van der Waals surface area contributed by atoms with Crippen LogP contribution in [0.5, 0.6) is 0 Å². The molecule has 2 atom stereocenters. The third kappa shape index (κ3) is 3.58. The number of ketones is 1. The lowest BCUT2D eigenvalue weighted by molar-refractivity contribution is 0.0859. The van der Waals surface area contributed by atoms with Gasteiger partial charge in [0.1, 0.15) is 11.6 Å². The monoisotopic (exact) mass is 443 g/mol. The van der Waals surface area contributed by atoms with Crippen molar-refractivity contribution in [3.63, 3.8) is 0 Å². The van der Waals surface area contributed by atoms with Gasteiger partial charge in [-0.05, 0) is 50.1 Å². The number of hydrogen-bond donors (Lipinski definition) is 2. The van der Waals surface area contributed by atoms with Crippen molar-refractivity contribution >= 4 is 28.3 Å². The number of fused-ring (bicyclic) bond motifs is 1. The van der Waals surface area contributed by atoms with E-state index in [2.05, 4.69) is 19.8 Å². The number of aliphatic hydroxyl groups is 1. The van der Waals surface area contributed by atoms with Crippen LogP contribution in [-0.2, 0) is 12.7 Å². The van der Waals surface area contributed by atoms with Gasteiger partial charge < -0.3 is 24.5 Å². The summed E-state index contributed by atoms with van der Waals surface area (Å²) in [5.74, 6) is 1.41. The third-order valence-electron chi connectivity index (χ3n) is 6.60. The van der Waals surface area contributed by atoms with Gasteiger partial charge in [0.15, 0.2) is 5.66 Å². The molecule has 1 aliphatic heterocycles. The maximum absolute atomic E-state index is 14.6. The molecule has 0 saturated carbocycles. The van der Waals surface area contributed by atoms with Crippen molar-refractivity contribution in [1.29, 1.82) is 0 Å². The molecular weight excluding hydrogens is 414 g/mol. The molecule has 4 heterocycles. The molecule has 0 aliphatic carbocycles. The van der Waals surface area contributed by atoms with Crippen molar-refractivity contribution in [3.8, 4) is 0 Å². The number of para-hydroxylation sites is 1. The van der Waals surface area contributed by atoms with E-state index in [4.69, 9.17) is 0 Å². The Bertz CT molecular complexity index is 1310. The van der Waals surface area contributed by atoms with Gasteiger partial charge in [-0.15, -0.1) is 0 Å². The summed E-state index contributed by atoms with van der Waals surface area (Å²) in [6.07, 6.45) is 5.90. The molecule has 2 unspecified atom stereocenters. The Hall–Kier alpha value is -3.58. The normalized spacial score (nSPS) is 17.9. The number of rotatable bonds is 6. The molecule has 33 heavy (non-hydrogen) atoms. The predicted octanol–water partition coefficient (Wildman–Crippen LogP) is 3.92. The summed E-state index contributed by atoms with van der Waals surface area (Å²) in [6, 6.07) is 15.6. The molecule has 1 saturated heterocycles. The quantitative estimate of drug-likeness (QED) is 0.442. The van der Waals surface area contributed by atoms with E-state index in [1.54, 1.807) is 6.20 Å². The van der Waals surface area contributed by atoms with Gasteiger partial charge in [0.25, 0.3) is 0 Å². The van der Waals surface area contributed by atoms with Gasteiger partial charge in [0.05, 0.1) is 17.2 Å². The SMILES string of the molecule is Cc1ccn(C(C)(Nc2ccccn2)C(=O)c2c(N3CCC(O)C3)n(C)c3ccccc23)c1. The Morgan fingerprint density at radius 1 is 1.18 bits per heavy atom. The van der Waals surface area contributed by atoms with Gasteiger partial charge in [0, 0.05) is 44.1 Å². The summed E-state index contributed by atoms with van der Waals surface area (Å²) in [6.45, 7) is 5.13. The van der Waals surface area contributed by atoms with Crippen LogP contribution in [0.3, 0.4) is 0 Å². The van der Waals surface area contributed by atoms with Crippen LogP contribution in [0.1, 0.15) is 29.3 Å². The first-order chi connectivity index (χ1) is 15.9. The van der Waals surface area contributed by atoms with Crippen molar-refractivity contribution < 1.29 is 9.90 Å². The van der Waals surface area contributed by atoms with Gasteiger partial charge in [-0.2, -0.15) is 0 Å². The fourth-order valence-electron chi connectivity index (χ4n) is 4.86. The van der Waals surface area contributed by atoms with Crippen LogP contribution in [0.25, 0.3) is 10.9 Å². The highest BCUT2D eigenvalue weighted by Crippen LogP contribution is 2.38. The molecule has 7 heteroatoms. The van der Waals surface area contributed by atoms with E-state index in [0.717, 1.165) is 22.3 Å². The lowest BCUT2D eigenvalue weighted by Crippen LogP contribution is -2.46. The van der Waals surface area contributed by atoms with Gasteiger partial charge >= 0.3 is 0 Å². The van der Waals surface area contributed by atoms with E-state index in [9.17, 15) is 9.90 Å². The third-order valence-corrected chi connectivity index (χ3v) is 6.60. The molecule has 4 aromatic rings. The molecule has 7 nitrogen and oxygen atoms in total. The second kappa shape index (κ2) is 8.08. The first-order valence-corrected chi connectivity index (χ1v) is 11.3. The van der Waals surface area contributed by atoms with Crippen LogP contribution in [-0.4, -0.2) is 44.2 Å². The van der Waals surface area contributed by atoms with Gasteiger partial charge in [-0.25, -0.2) is 4.98 Å². The van der Waals surface area contributed by atoms with E-state index in [-0.39, 0.29) is 5.78 Å². The fraction of sp³-hybridized carbons (Fsp3) is 0.308. The minimum Gasteiger partial charge on any atom is -0.391 e. The second-order valence-corrected chi connectivity index (χ2v) is 9.00. The van der Waals surface area contributed by atoms with E-state index in [1.165, 1.54) is 0 Å². The summed E-state index contributed by atoms with van der Waals surface area (Å²) in [5.41, 5.74) is 1.60. The zero-order chi connectivity index (χ0) is 23.2. The first kappa shape index (κ1) is 21.3. The Kier molecular flexibility index (Phi) is 5.21. The van der Waals surface area contributed by atoms with Crippen LogP contribution >= 0.6 is 0 Å². The standard InChI is InChI=1S/C26H29N5O2/c1-18-11-15-31(16-18)26(2,28-22-10-6-7-13-27-22)24(33)23-20-8-4-5-9-21(20)29(3)25(23)30-14-12-19(32)17-30/h4-11,13,15-16,19,32H,12,14,17H2,1-3H3,(H,27,28). The second-order valence-electron chi connectivity index (χ2n) is 9.00. The molecule has 1 fully saturated rings. The molecule has 170 valence electrons. The highest BCUT2D eigenvalue weighted by Gasteiger charge is 2.41. The maximum Gasteiger partial charge on any atom is 0.213 e. The number of benzene rings is 1. The number of carbonyl (C=O) groups is 1. The summed E-state index contributed by atoms with van der Waals surface area (Å²) in [7, 11) is 1.99. The van der Waals surface area contributed by atoms with Crippen molar-refractivity contribution in [3.05, 3.63) is 78.2 Å². The number of aliphatic hydroxyl groups excluding tert-OH is 1. The van der Waals surface area contributed by atoms with Crippen LogP contribution in [0.15, 0.2) is 67.1 Å². The number of aromatic nitrogens is 3. The Balaban J connectivity index is 1.71. The van der Waals surface area contributed by atoms with Gasteiger partial charge in [0.2, 0.25) is 5.78 Å². The Labute approximate surface area is 193 Å². The summed E-state index contributed by atoms with van der Waals surface area (Å²) in [5, 5.41) is 14.5. The average molecular weight is 444 g/mol. The summed E-state index contributed by atoms with van der Waals surface area (Å²) < 4.78 is 3.99. The van der Waals surface area contributed by atoms with Gasteiger partial charge in [-0.3, -0.25) is 4.79 Å². The van der Waals surface area contributed by atoms with E-state index < -0.39 is 11.8 Å². The highest BCUT2D eigenvalue weighted by atomic mass is 16.3. The fourth-order valence-corrected chi connectivity index (χ4v) is 4.86. The van der Waals surface area contributed by atoms with E-state index >= 15 is 0 Å². The zero-order valence-corrected chi connectivity index (χ0v) is 19.2. The van der Waals surface area contributed by atoms with Crippen LogP contribution in [0.2, 0.25) is 0 Å². The number of Topliss-reactive ketones (excluding diaryl/α,β-unsaturated/α-hetero) is 1. The van der Waals surface area contributed by atoms with Crippen LogP contribution < -0.4 is 10.2 Å². The molecule has 3 aromatic heterocycles.